The fraction of sp³-hybridized carbons (Fsp3) is 0.636. The van der Waals surface area contributed by atoms with Crippen molar-refractivity contribution in [3.8, 4) is 0 Å². The third-order valence-corrected chi connectivity index (χ3v) is 4.18. The molecule has 4 heteroatoms. The van der Waals surface area contributed by atoms with Gasteiger partial charge in [-0.25, -0.2) is 0 Å². The summed E-state index contributed by atoms with van der Waals surface area (Å²) < 4.78 is 2.05. The van der Waals surface area contributed by atoms with Crippen LogP contribution in [0.15, 0.2) is 0 Å². The van der Waals surface area contributed by atoms with Crippen LogP contribution in [0.25, 0.3) is 0 Å². The molecule has 0 aromatic carbocycles. The van der Waals surface area contributed by atoms with Crippen molar-refractivity contribution in [2.75, 3.05) is 11.5 Å². The van der Waals surface area contributed by atoms with Crippen molar-refractivity contribution in [3.05, 3.63) is 17.0 Å². The Bertz CT molecular complexity index is 367. The summed E-state index contributed by atoms with van der Waals surface area (Å²) in [5.41, 5.74) is 2.65. The summed E-state index contributed by atoms with van der Waals surface area (Å²) in [6.07, 6.45) is 3.36. The topological polar surface area (TPSA) is 34.9 Å². The summed E-state index contributed by atoms with van der Waals surface area (Å²) in [5.74, 6) is 2.39. The Labute approximate surface area is 94.2 Å². The minimum Gasteiger partial charge on any atom is -0.298 e. The molecule has 2 rings (SSSR count). The number of carbonyl (C=O) groups is 1. The normalized spacial score (nSPS) is 21.6. The predicted molar refractivity (Wildman–Crippen MR) is 62.7 cm³/mol. The molecule has 1 aromatic rings. The SMILES string of the molecule is Cc1nn(C2CCCSC2)c(C)c1C=O. The van der Waals surface area contributed by atoms with Gasteiger partial charge in [0, 0.05) is 11.4 Å². The van der Waals surface area contributed by atoms with Crippen molar-refractivity contribution in [1.82, 2.24) is 9.78 Å². The van der Waals surface area contributed by atoms with E-state index in [0.717, 1.165) is 29.0 Å². The van der Waals surface area contributed by atoms with E-state index >= 15 is 0 Å². The van der Waals surface area contributed by atoms with E-state index in [1.54, 1.807) is 0 Å². The molecule has 82 valence electrons. The van der Waals surface area contributed by atoms with Crippen molar-refractivity contribution in [1.29, 1.82) is 0 Å². The summed E-state index contributed by atoms with van der Waals surface area (Å²) in [6.45, 7) is 3.90. The van der Waals surface area contributed by atoms with Crippen LogP contribution in [0.1, 0.15) is 40.6 Å². The van der Waals surface area contributed by atoms with Crippen LogP contribution in [-0.4, -0.2) is 27.6 Å². The van der Waals surface area contributed by atoms with E-state index in [2.05, 4.69) is 5.10 Å². The molecule has 1 aromatic heterocycles. The number of thioether (sulfide) groups is 1. The fourth-order valence-corrected chi connectivity index (χ4v) is 3.24. The van der Waals surface area contributed by atoms with E-state index in [-0.39, 0.29) is 0 Å². The Morgan fingerprint density at radius 3 is 2.87 bits per heavy atom. The number of carbonyl (C=O) groups excluding carboxylic acids is 1. The number of hydrogen-bond acceptors (Lipinski definition) is 3. The van der Waals surface area contributed by atoms with Gasteiger partial charge in [0.15, 0.2) is 6.29 Å². The molecule has 1 aliphatic rings. The summed E-state index contributed by atoms with van der Waals surface area (Å²) >= 11 is 1.98. The average Bonchev–Trinajstić information content (AvgIpc) is 2.55. The van der Waals surface area contributed by atoms with Crippen LogP contribution in [-0.2, 0) is 0 Å². The van der Waals surface area contributed by atoms with Gasteiger partial charge in [-0.15, -0.1) is 0 Å². The molecule has 0 aliphatic carbocycles. The molecular formula is C11H16N2OS. The van der Waals surface area contributed by atoms with Crippen LogP contribution in [0.3, 0.4) is 0 Å². The molecule has 1 fully saturated rings. The Morgan fingerprint density at radius 2 is 2.33 bits per heavy atom. The van der Waals surface area contributed by atoms with Gasteiger partial charge in [-0.05, 0) is 32.4 Å². The first-order valence-corrected chi connectivity index (χ1v) is 6.48. The first-order valence-electron chi connectivity index (χ1n) is 5.32. The van der Waals surface area contributed by atoms with Crippen molar-refractivity contribution < 1.29 is 4.79 Å². The Balaban J connectivity index is 2.31. The van der Waals surface area contributed by atoms with Crippen molar-refractivity contribution >= 4 is 18.0 Å². The molecule has 3 nitrogen and oxygen atoms in total. The van der Waals surface area contributed by atoms with Gasteiger partial charge in [0.1, 0.15) is 0 Å². The first-order chi connectivity index (χ1) is 7.24. The third kappa shape index (κ3) is 1.95. The quantitative estimate of drug-likeness (QED) is 0.723. The smallest absolute Gasteiger partial charge is 0.153 e. The van der Waals surface area contributed by atoms with Gasteiger partial charge in [0.25, 0.3) is 0 Å². The molecule has 0 bridgehead atoms. The van der Waals surface area contributed by atoms with Crippen LogP contribution < -0.4 is 0 Å². The Kier molecular flexibility index (Phi) is 3.14. The van der Waals surface area contributed by atoms with Gasteiger partial charge in [-0.1, -0.05) is 0 Å². The zero-order chi connectivity index (χ0) is 10.8. The molecule has 1 unspecified atom stereocenters. The Morgan fingerprint density at radius 1 is 1.53 bits per heavy atom. The van der Waals surface area contributed by atoms with Crippen LogP contribution in [0.4, 0.5) is 0 Å². The summed E-state index contributed by atoms with van der Waals surface area (Å²) in [5, 5.41) is 4.48. The molecule has 2 heterocycles. The molecule has 0 N–H and O–H groups in total. The van der Waals surface area contributed by atoms with Gasteiger partial charge in [-0.2, -0.15) is 16.9 Å². The molecule has 0 amide bonds. The maximum atomic E-state index is 10.9. The number of aromatic nitrogens is 2. The molecular weight excluding hydrogens is 208 g/mol. The lowest BCUT2D eigenvalue weighted by molar-refractivity contribution is 0.112. The third-order valence-electron chi connectivity index (χ3n) is 2.98. The fourth-order valence-electron chi connectivity index (χ4n) is 2.12. The monoisotopic (exact) mass is 224 g/mol. The standard InChI is InChI=1S/C11H16N2OS/c1-8-11(6-14)9(2)13(12-8)10-4-3-5-15-7-10/h6,10H,3-5,7H2,1-2H3. The first kappa shape index (κ1) is 10.7. The molecule has 1 saturated heterocycles. The van der Waals surface area contributed by atoms with Gasteiger partial charge in [0.05, 0.1) is 17.3 Å². The number of rotatable bonds is 2. The highest BCUT2D eigenvalue weighted by Crippen LogP contribution is 2.28. The molecule has 0 spiro atoms. The van der Waals surface area contributed by atoms with Crippen molar-refractivity contribution in [2.45, 2.75) is 32.7 Å². The summed E-state index contributed by atoms with van der Waals surface area (Å²) in [7, 11) is 0. The second-order valence-corrected chi connectivity index (χ2v) is 5.17. The maximum absolute atomic E-state index is 10.9. The highest BCUT2D eigenvalue weighted by atomic mass is 32.2. The van der Waals surface area contributed by atoms with Gasteiger partial charge in [-0.3, -0.25) is 9.48 Å². The zero-order valence-electron chi connectivity index (χ0n) is 9.19. The van der Waals surface area contributed by atoms with E-state index in [1.807, 2.05) is 30.3 Å². The van der Waals surface area contributed by atoms with E-state index in [4.69, 9.17) is 0 Å². The molecule has 0 radical (unpaired) electrons. The van der Waals surface area contributed by atoms with Crippen molar-refractivity contribution in [2.24, 2.45) is 0 Å². The number of aryl methyl sites for hydroxylation is 1. The predicted octanol–water partition coefficient (Wildman–Crippen LogP) is 2.38. The lowest BCUT2D eigenvalue weighted by Crippen LogP contribution is -2.18. The van der Waals surface area contributed by atoms with E-state index in [9.17, 15) is 4.79 Å². The highest BCUT2D eigenvalue weighted by molar-refractivity contribution is 7.99. The molecule has 15 heavy (non-hydrogen) atoms. The molecule has 1 atom stereocenters. The lowest BCUT2D eigenvalue weighted by Gasteiger charge is -2.22. The maximum Gasteiger partial charge on any atom is 0.153 e. The minimum atomic E-state index is 0.483. The van der Waals surface area contributed by atoms with Gasteiger partial charge in [0.2, 0.25) is 0 Å². The second-order valence-electron chi connectivity index (χ2n) is 4.02. The second kappa shape index (κ2) is 4.39. The molecule has 1 aliphatic heterocycles. The number of hydrogen-bond donors (Lipinski definition) is 0. The van der Waals surface area contributed by atoms with Crippen LogP contribution in [0.5, 0.6) is 0 Å². The highest BCUT2D eigenvalue weighted by Gasteiger charge is 2.20. The average molecular weight is 224 g/mol. The van der Waals surface area contributed by atoms with E-state index in [1.165, 1.54) is 18.6 Å². The largest absolute Gasteiger partial charge is 0.298 e. The number of aldehydes is 1. The minimum absolute atomic E-state index is 0.483. The molecule has 0 saturated carbocycles. The Hall–Kier alpha value is -0.770. The summed E-state index contributed by atoms with van der Waals surface area (Å²) in [4.78, 5) is 10.9. The van der Waals surface area contributed by atoms with Crippen LogP contribution >= 0.6 is 11.8 Å². The number of nitrogens with zero attached hydrogens (tertiary/aromatic N) is 2. The van der Waals surface area contributed by atoms with E-state index in [0.29, 0.717) is 6.04 Å². The van der Waals surface area contributed by atoms with Crippen molar-refractivity contribution in [3.63, 3.8) is 0 Å². The lowest BCUT2D eigenvalue weighted by atomic mass is 10.1. The van der Waals surface area contributed by atoms with Gasteiger partial charge < -0.3 is 0 Å². The van der Waals surface area contributed by atoms with E-state index < -0.39 is 0 Å². The van der Waals surface area contributed by atoms with Gasteiger partial charge >= 0.3 is 0 Å². The van der Waals surface area contributed by atoms with Crippen LogP contribution in [0.2, 0.25) is 0 Å². The summed E-state index contributed by atoms with van der Waals surface area (Å²) in [6, 6.07) is 0.483. The zero-order valence-corrected chi connectivity index (χ0v) is 10.0. The van der Waals surface area contributed by atoms with Crippen LogP contribution in [0, 0.1) is 13.8 Å².